The fraction of sp³-hybridized carbons (Fsp3) is 0.235. The molecule has 1 amide bonds. The summed E-state index contributed by atoms with van der Waals surface area (Å²) in [6.07, 6.45) is 0.874. The van der Waals surface area contributed by atoms with Gasteiger partial charge in [0.2, 0.25) is 5.91 Å². The van der Waals surface area contributed by atoms with Crippen LogP contribution >= 0.6 is 0 Å². The highest BCUT2D eigenvalue weighted by Crippen LogP contribution is 2.39. The number of hydrogen-bond acceptors (Lipinski definition) is 1. The highest BCUT2D eigenvalue weighted by Gasteiger charge is 2.25. The van der Waals surface area contributed by atoms with Crippen LogP contribution in [-0.2, 0) is 11.2 Å². The van der Waals surface area contributed by atoms with Crippen LogP contribution in [0.4, 0.5) is 0 Å². The normalized spacial score (nSPS) is 16.4. The van der Waals surface area contributed by atoms with Crippen molar-refractivity contribution >= 4 is 5.91 Å². The lowest BCUT2D eigenvalue weighted by molar-refractivity contribution is -0.119. The number of fused-ring (bicyclic) bond motifs is 3. The van der Waals surface area contributed by atoms with Gasteiger partial charge in [-0.05, 0) is 41.2 Å². The van der Waals surface area contributed by atoms with Gasteiger partial charge in [0.05, 0.1) is 6.04 Å². The zero-order valence-corrected chi connectivity index (χ0v) is 11.2. The average molecular weight is 251 g/mol. The predicted octanol–water partition coefficient (Wildman–Crippen LogP) is 3.40. The number of aryl methyl sites for hydroxylation is 1. The fourth-order valence-electron chi connectivity index (χ4n) is 2.96. The average Bonchev–Trinajstić information content (AvgIpc) is 2.40. The van der Waals surface area contributed by atoms with Crippen molar-refractivity contribution in [2.75, 3.05) is 0 Å². The second-order valence-electron chi connectivity index (χ2n) is 5.15. The van der Waals surface area contributed by atoms with E-state index in [-0.39, 0.29) is 11.9 Å². The first-order valence-electron chi connectivity index (χ1n) is 6.61. The quantitative estimate of drug-likeness (QED) is 0.827. The maximum atomic E-state index is 11.4. The summed E-state index contributed by atoms with van der Waals surface area (Å²) in [5.74, 6) is 0.0248. The third kappa shape index (κ3) is 2.03. The standard InChI is InChI=1S/C17H17NO/c1-11-6-5-9-14-13-7-3-4-8-15(13)17(10-16(11)14)18-12(2)19/h3-9,17H,10H2,1-2H3,(H,18,19)/t17-/m0/s1. The number of rotatable bonds is 1. The molecule has 19 heavy (non-hydrogen) atoms. The van der Waals surface area contributed by atoms with Crippen molar-refractivity contribution in [2.24, 2.45) is 0 Å². The SMILES string of the molecule is CC(=O)N[C@H]1Cc2c(C)cccc2-c2ccccc21. The highest BCUT2D eigenvalue weighted by molar-refractivity contribution is 5.78. The van der Waals surface area contributed by atoms with E-state index in [1.807, 2.05) is 6.07 Å². The van der Waals surface area contributed by atoms with Gasteiger partial charge in [0.1, 0.15) is 0 Å². The van der Waals surface area contributed by atoms with Crippen molar-refractivity contribution in [3.8, 4) is 11.1 Å². The second-order valence-corrected chi connectivity index (χ2v) is 5.15. The van der Waals surface area contributed by atoms with Crippen molar-refractivity contribution in [2.45, 2.75) is 26.3 Å². The minimum atomic E-state index is 0.0248. The largest absolute Gasteiger partial charge is 0.349 e. The van der Waals surface area contributed by atoms with Crippen LogP contribution in [-0.4, -0.2) is 5.91 Å². The highest BCUT2D eigenvalue weighted by atomic mass is 16.1. The maximum absolute atomic E-state index is 11.4. The molecule has 2 heteroatoms. The number of amides is 1. The van der Waals surface area contributed by atoms with E-state index in [0.717, 1.165) is 6.42 Å². The molecule has 2 aromatic rings. The Bertz CT molecular complexity index is 645. The predicted molar refractivity (Wildman–Crippen MR) is 76.9 cm³/mol. The van der Waals surface area contributed by atoms with Gasteiger partial charge in [0.15, 0.2) is 0 Å². The van der Waals surface area contributed by atoms with E-state index in [1.165, 1.54) is 27.8 Å². The summed E-state index contributed by atoms with van der Waals surface area (Å²) in [5.41, 5.74) is 6.40. The first-order chi connectivity index (χ1) is 9.16. The molecule has 1 atom stereocenters. The van der Waals surface area contributed by atoms with E-state index in [1.54, 1.807) is 6.92 Å². The first kappa shape index (κ1) is 12.0. The van der Waals surface area contributed by atoms with Crippen LogP contribution in [0, 0.1) is 6.92 Å². The number of benzene rings is 2. The topological polar surface area (TPSA) is 29.1 Å². The molecule has 0 unspecified atom stereocenters. The molecule has 1 aliphatic carbocycles. The van der Waals surface area contributed by atoms with Gasteiger partial charge < -0.3 is 5.32 Å². The van der Waals surface area contributed by atoms with Crippen molar-refractivity contribution in [1.29, 1.82) is 0 Å². The van der Waals surface area contributed by atoms with Crippen LogP contribution in [0.3, 0.4) is 0 Å². The molecular weight excluding hydrogens is 234 g/mol. The summed E-state index contributed by atoms with van der Waals surface area (Å²) < 4.78 is 0. The number of hydrogen-bond donors (Lipinski definition) is 1. The summed E-state index contributed by atoms with van der Waals surface area (Å²) >= 11 is 0. The third-order valence-corrected chi connectivity index (χ3v) is 3.82. The Morgan fingerprint density at radius 3 is 2.63 bits per heavy atom. The molecule has 2 aromatic carbocycles. The maximum Gasteiger partial charge on any atom is 0.217 e. The molecule has 0 radical (unpaired) electrons. The lowest BCUT2D eigenvalue weighted by Crippen LogP contribution is -2.30. The van der Waals surface area contributed by atoms with Crippen LogP contribution in [0.2, 0.25) is 0 Å². The Morgan fingerprint density at radius 2 is 1.84 bits per heavy atom. The van der Waals surface area contributed by atoms with Gasteiger partial charge in [-0.1, -0.05) is 42.5 Å². The minimum absolute atomic E-state index is 0.0248. The van der Waals surface area contributed by atoms with Crippen molar-refractivity contribution in [3.63, 3.8) is 0 Å². The van der Waals surface area contributed by atoms with E-state index >= 15 is 0 Å². The molecule has 0 saturated heterocycles. The second kappa shape index (κ2) is 4.54. The van der Waals surface area contributed by atoms with E-state index in [9.17, 15) is 4.79 Å². The Labute approximate surface area is 113 Å². The van der Waals surface area contributed by atoms with Gasteiger partial charge in [-0.3, -0.25) is 4.79 Å². The first-order valence-corrected chi connectivity index (χ1v) is 6.61. The van der Waals surface area contributed by atoms with Crippen LogP contribution in [0.15, 0.2) is 42.5 Å². The fourth-order valence-corrected chi connectivity index (χ4v) is 2.96. The van der Waals surface area contributed by atoms with E-state index in [2.05, 4.69) is 48.6 Å². The Kier molecular flexibility index (Phi) is 2.86. The molecule has 0 fully saturated rings. The van der Waals surface area contributed by atoms with E-state index in [4.69, 9.17) is 0 Å². The van der Waals surface area contributed by atoms with Crippen LogP contribution < -0.4 is 5.32 Å². The minimum Gasteiger partial charge on any atom is -0.349 e. The monoisotopic (exact) mass is 251 g/mol. The molecule has 0 heterocycles. The summed E-state index contributed by atoms with van der Waals surface area (Å²) in [6.45, 7) is 3.72. The molecule has 0 aromatic heterocycles. The Hall–Kier alpha value is -2.09. The zero-order chi connectivity index (χ0) is 13.4. The molecule has 2 nitrogen and oxygen atoms in total. The van der Waals surface area contributed by atoms with Gasteiger partial charge in [0.25, 0.3) is 0 Å². The Morgan fingerprint density at radius 1 is 1.11 bits per heavy atom. The number of carbonyl (C=O) groups is 1. The Balaban J connectivity index is 2.18. The molecule has 96 valence electrons. The molecule has 3 rings (SSSR count). The molecule has 1 aliphatic rings. The number of carbonyl (C=O) groups excluding carboxylic acids is 1. The van der Waals surface area contributed by atoms with Gasteiger partial charge in [-0.2, -0.15) is 0 Å². The lowest BCUT2D eigenvalue weighted by Gasteiger charge is -2.29. The van der Waals surface area contributed by atoms with Gasteiger partial charge in [-0.25, -0.2) is 0 Å². The molecule has 0 aliphatic heterocycles. The smallest absolute Gasteiger partial charge is 0.217 e. The molecule has 1 N–H and O–H groups in total. The van der Waals surface area contributed by atoms with Gasteiger partial charge in [0, 0.05) is 6.92 Å². The van der Waals surface area contributed by atoms with Crippen LogP contribution in [0.25, 0.3) is 11.1 Å². The zero-order valence-electron chi connectivity index (χ0n) is 11.2. The molecular formula is C17H17NO. The molecule has 0 spiro atoms. The summed E-state index contributed by atoms with van der Waals surface area (Å²) in [5, 5.41) is 3.07. The summed E-state index contributed by atoms with van der Waals surface area (Å²) in [6, 6.07) is 14.8. The van der Waals surface area contributed by atoms with Crippen molar-refractivity contribution < 1.29 is 4.79 Å². The van der Waals surface area contributed by atoms with E-state index in [0.29, 0.717) is 0 Å². The van der Waals surface area contributed by atoms with Crippen LogP contribution in [0.1, 0.15) is 29.7 Å². The van der Waals surface area contributed by atoms with Gasteiger partial charge in [-0.15, -0.1) is 0 Å². The van der Waals surface area contributed by atoms with Crippen LogP contribution in [0.5, 0.6) is 0 Å². The third-order valence-electron chi connectivity index (χ3n) is 3.82. The van der Waals surface area contributed by atoms with Gasteiger partial charge >= 0.3 is 0 Å². The van der Waals surface area contributed by atoms with E-state index < -0.39 is 0 Å². The number of nitrogens with one attached hydrogen (secondary N) is 1. The van der Waals surface area contributed by atoms with Crippen molar-refractivity contribution in [3.05, 3.63) is 59.2 Å². The molecule has 0 saturated carbocycles. The summed E-state index contributed by atoms with van der Waals surface area (Å²) in [4.78, 5) is 11.4. The summed E-state index contributed by atoms with van der Waals surface area (Å²) in [7, 11) is 0. The van der Waals surface area contributed by atoms with Crippen molar-refractivity contribution in [1.82, 2.24) is 5.32 Å². The lowest BCUT2D eigenvalue weighted by atomic mass is 9.81. The molecule has 0 bridgehead atoms.